The molecule has 0 amide bonds. The van der Waals surface area contributed by atoms with Crippen LogP contribution in [0.3, 0.4) is 0 Å². The van der Waals surface area contributed by atoms with Gasteiger partial charge in [0.25, 0.3) is 0 Å². The Balaban J connectivity index is 1.85. The third-order valence-corrected chi connectivity index (χ3v) is 9.73. The summed E-state index contributed by atoms with van der Waals surface area (Å²) in [6.07, 6.45) is 21.3. The van der Waals surface area contributed by atoms with Crippen molar-refractivity contribution in [1.29, 1.82) is 0 Å². The Hall–Kier alpha value is -1.57. The predicted molar refractivity (Wildman–Crippen MR) is 154 cm³/mol. The van der Waals surface area contributed by atoms with Gasteiger partial charge < -0.3 is 4.74 Å². The number of allylic oxidation sites excluding steroid dienone is 5. The van der Waals surface area contributed by atoms with Crippen molar-refractivity contribution >= 4 is 5.97 Å². The van der Waals surface area contributed by atoms with Crippen LogP contribution in [0.4, 0.5) is 0 Å². The lowest BCUT2D eigenvalue weighted by Gasteiger charge is -2.44. The number of ether oxygens (including phenoxy) is 1. The van der Waals surface area contributed by atoms with E-state index in [2.05, 4.69) is 46.9 Å². The van der Waals surface area contributed by atoms with Gasteiger partial charge in [0.1, 0.15) is 6.10 Å². The SMILES string of the molecule is C=CCCCC(/C=C1\CCC[C@]2(C)[C@@H]([C@H](C)CCCC(C)C)CC[C@@H]12)=C1/C[C@@H](OC(C)=O)CCC1=C. The summed E-state index contributed by atoms with van der Waals surface area (Å²) in [5.41, 5.74) is 6.23. The van der Waals surface area contributed by atoms with E-state index in [1.165, 1.54) is 75.0 Å². The molecule has 0 spiro atoms. The average molecular weight is 495 g/mol. The number of unbranched alkanes of at least 4 members (excludes halogenated alkanes) is 1. The highest BCUT2D eigenvalue weighted by Gasteiger charge is 2.50. The molecule has 0 heterocycles. The zero-order valence-electron chi connectivity index (χ0n) is 24.2. The van der Waals surface area contributed by atoms with Gasteiger partial charge in [0.15, 0.2) is 0 Å². The van der Waals surface area contributed by atoms with E-state index in [4.69, 9.17) is 4.74 Å². The second kappa shape index (κ2) is 13.3. The smallest absolute Gasteiger partial charge is 0.302 e. The largest absolute Gasteiger partial charge is 0.462 e. The molecule has 3 aliphatic carbocycles. The number of hydrogen-bond donors (Lipinski definition) is 0. The lowest BCUT2D eigenvalue weighted by molar-refractivity contribution is -0.146. The second-order valence-corrected chi connectivity index (χ2v) is 12.9. The molecule has 0 radical (unpaired) electrons. The zero-order valence-corrected chi connectivity index (χ0v) is 24.2. The van der Waals surface area contributed by atoms with E-state index in [1.54, 1.807) is 5.57 Å². The van der Waals surface area contributed by atoms with Crippen LogP contribution in [0, 0.1) is 29.1 Å². The lowest BCUT2D eigenvalue weighted by Crippen LogP contribution is -2.36. The Morgan fingerprint density at radius 1 is 1.14 bits per heavy atom. The Kier molecular flexibility index (Phi) is 10.7. The first-order chi connectivity index (χ1) is 17.2. The molecule has 0 aromatic carbocycles. The van der Waals surface area contributed by atoms with Crippen molar-refractivity contribution < 1.29 is 9.53 Å². The van der Waals surface area contributed by atoms with Crippen LogP contribution in [-0.2, 0) is 9.53 Å². The molecule has 3 saturated carbocycles. The van der Waals surface area contributed by atoms with Gasteiger partial charge in [-0.2, -0.15) is 0 Å². The Morgan fingerprint density at radius 2 is 1.92 bits per heavy atom. The summed E-state index contributed by atoms with van der Waals surface area (Å²) in [6, 6.07) is 0. The highest BCUT2D eigenvalue weighted by molar-refractivity contribution is 5.66. The molecule has 0 saturated heterocycles. The minimum absolute atomic E-state index is 0.00465. The summed E-state index contributed by atoms with van der Waals surface area (Å²) >= 11 is 0. The van der Waals surface area contributed by atoms with Crippen LogP contribution in [0.15, 0.2) is 47.6 Å². The summed E-state index contributed by atoms with van der Waals surface area (Å²) in [6.45, 7) is 19.8. The highest BCUT2D eigenvalue weighted by atomic mass is 16.5. The van der Waals surface area contributed by atoms with Crippen LogP contribution < -0.4 is 0 Å². The van der Waals surface area contributed by atoms with Crippen molar-refractivity contribution in [3.05, 3.63) is 47.6 Å². The maximum absolute atomic E-state index is 11.7. The molecular formula is C34H54O2. The van der Waals surface area contributed by atoms with Gasteiger partial charge in [0, 0.05) is 13.3 Å². The number of fused-ring (bicyclic) bond motifs is 1. The fourth-order valence-corrected chi connectivity index (χ4v) is 7.86. The fraction of sp³-hybridized carbons (Fsp3) is 0.735. The third-order valence-electron chi connectivity index (χ3n) is 9.73. The molecular weight excluding hydrogens is 440 g/mol. The van der Waals surface area contributed by atoms with Crippen LogP contribution in [0.1, 0.15) is 125 Å². The van der Waals surface area contributed by atoms with Gasteiger partial charge >= 0.3 is 5.97 Å². The maximum Gasteiger partial charge on any atom is 0.302 e. The van der Waals surface area contributed by atoms with Crippen LogP contribution in [0.2, 0.25) is 0 Å². The number of carbonyl (C=O) groups excluding carboxylic acids is 1. The number of hydrogen-bond acceptors (Lipinski definition) is 2. The third kappa shape index (κ3) is 7.26. The maximum atomic E-state index is 11.7. The molecule has 0 bridgehead atoms. The minimum atomic E-state index is -0.166. The van der Waals surface area contributed by atoms with Gasteiger partial charge in [0.05, 0.1) is 0 Å². The number of esters is 1. The predicted octanol–water partition coefficient (Wildman–Crippen LogP) is 9.92. The zero-order chi connectivity index (χ0) is 26.3. The lowest BCUT2D eigenvalue weighted by atomic mass is 9.60. The van der Waals surface area contributed by atoms with Crippen LogP contribution >= 0.6 is 0 Å². The van der Waals surface area contributed by atoms with Crippen molar-refractivity contribution in [3.8, 4) is 0 Å². The van der Waals surface area contributed by atoms with Crippen molar-refractivity contribution in [1.82, 2.24) is 0 Å². The van der Waals surface area contributed by atoms with E-state index < -0.39 is 0 Å². The summed E-state index contributed by atoms with van der Waals surface area (Å²) in [4.78, 5) is 11.7. The fourth-order valence-electron chi connectivity index (χ4n) is 7.86. The first-order valence-electron chi connectivity index (χ1n) is 15.0. The first-order valence-corrected chi connectivity index (χ1v) is 15.0. The molecule has 5 atom stereocenters. The number of rotatable bonds is 11. The monoisotopic (exact) mass is 494 g/mol. The van der Waals surface area contributed by atoms with Crippen LogP contribution in [0.25, 0.3) is 0 Å². The van der Waals surface area contributed by atoms with Crippen molar-refractivity contribution in [2.45, 2.75) is 131 Å². The molecule has 0 unspecified atom stereocenters. The quantitative estimate of drug-likeness (QED) is 0.162. The molecule has 36 heavy (non-hydrogen) atoms. The van der Waals surface area contributed by atoms with Gasteiger partial charge in [-0.3, -0.25) is 4.79 Å². The van der Waals surface area contributed by atoms with Crippen LogP contribution in [0.5, 0.6) is 0 Å². The normalized spacial score (nSPS) is 31.9. The Morgan fingerprint density at radius 3 is 2.61 bits per heavy atom. The van der Waals surface area contributed by atoms with Gasteiger partial charge in [-0.05, 0) is 104 Å². The van der Waals surface area contributed by atoms with Gasteiger partial charge in [-0.1, -0.05) is 76.8 Å². The topological polar surface area (TPSA) is 26.3 Å². The minimum Gasteiger partial charge on any atom is -0.462 e. The molecule has 2 heteroatoms. The molecule has 3 fully saturated rings. The van der Waals surface area contributed by atoms with Gasteiger partial charge in [-0.25, -0.2) is 0 Å². The molecule has 3 rings (SSSR count). The Bertz CT molecular complexity index is 843. The highest BCUT2D eigenvalue weighted by Crippen LogP contribution is 2.60. The molecule has 0 aromatic rings. The van der Waals surface area contributed by atoms with Gasteiger partial charge in [0.2, 0.25) is 0 Å². The van der Waals surface area contributed by atoms with Crippen LogP contribution in [-0.4, -0.2) is 12.1 Å². The van der Waals surface area contributed by atoms with E-state index in [9.17, 15) is 4.79 Å². The molecule has 3 aliphatic rings. The van der Waals surface area contributed by atoms with E-state index in [1.807, 2.05) is 6.08 Å². The first kappa shape index (κ1) is 29.0. The van der Waals surface area contributed by atoms with E-state index in [-0.39, 0.29) is 12.1 Å². The number of carbonyl (C=O) groups is 1. The molecule has 202 valence electrons. The summed E-state index contributed by atoms with van der Waals surface area (Å²) < 4.78 is 5.66. The summed E-state index contributed by atoms with van der Waals surface area (Å²) in [5.74, 6) is 3.05. The molecule has 0 N–H and O–H groups in total. The van der Waals surface area contributed by atoms with Crippen molar-refractivity contribution in [2.75, 3.05) is 0 Å². The summed E-state index contributed by atoms with van der Waals surface area (Å²) in [7, 11) is 0. The van der Waals surface area contributed by atoms with Crippen molar-refractivity contribution in [3.63, 3.8) is 0 Å². The van der Waals surface area contributed by atoms with E-state index in [0.717, 1.165) is 62.2 Å². The van der Waals surface area contributed by atoms with E-state index in [0.29, 0.717) is 5.41 Å². The molecule has 2 nitrogen and oxygen atoms in total. The Labute approximate surface area is 222 Å². The summed E-state index contributed by atoms with van der Waals surface area (Å²) in [5, 5.41) is 0. The van der Waals surface area contributed by atoms with Crippen molar-refractivity contribution in [2.24, 2.45) is 29.1 Å². The van der Waals surface area contributed by atoms with E-state index >= 15 is 0 Å². The standard InChI is InChI=1S/C34H54O2/c1-8-9-10-15-28(31-23-30(36-27(6)35)18-17-25(31)4)22-29-16-12-21-34(7)32(19-20-33(29)34)26(5)14-11-13-24(2)3/h8,22,24,26,30,32-33H,1,4,9-21,23H2,2-3,5-7H3/b29-22+,31-28+/t26-,30+,32-,33+,34-/m1/s1. The molecule has 0 aliphatic heterocycles. The molecule has 0 aromatic heterocycles. The van der Waals surface area contributed by atoms with Gasteiger partial charge in [-0.15, -0.1) is 6.58 Å². The second-order valence-electron chi connectivity index (χ2n) is 12.9. The average Bonchev–Trinajstić information content (AvgIpc) is 3.17.